The molecule has 1 atom stereocenters. The number of quaternary nitrogens is 1. The summed E-state index contributed by atoms with van der Waals surface area (Å²) in [5.74, 6) is -5.62. The quantitative estimate of drug-likeness (QED) is 0.0550. The molecule has 4 rings (SSSR count). The van der Waals surface area contributed by atoms with Crippen molar-refractivity contribution >= 4 is 68.5 Å². The third-order valence-corrected chi connectivity index (χ3v) is 12.6. The van der Waals surface area contributed by atoms with Crippen LogP contribution < -0.4 is 5.11 Å². The van der Waals surface area contributed by atoms with Crippen molar-refractivity contribution in [3.8, 4) is 5.69 Å². The number of carbonyl (C=O) groups is 2. The number of alkyl halides is 3. The van der Waals surface area contributed by atoms with Crippen molar-refractivity contribution in [2.75, 3.05) is 34.7 Å². The second-order valence-electron chi connectivity index (χ2n) is 14.3. The standard InChI is InChI=1S/C35H39Cl3F2N4O4S2.C2HF3O2/c1-35(2,22-10-15-27(36)29(38)17-22)32-20-41-34(43(32)24-13-11-23(39)12-14-24)49-21-26-28(37)18-25(19-30(26)40)50(47,48)42(3)31(33(45)46)9-7-8-16-44(4,5)6;3-2(4,5)1(6)7/h10-15,17-20,31H,7-9,16,21H2,1-6H3;(H,6,7)/t31-;/m0./s1. The summed E-state index contributed by atoms with van der Waals surface area (Å²) in [6, 6.07) is 11.8. The number of unbranched alkanes of at least 4 members (excludes halogenated alkanes) is 1. The molecule has 0 aliphatic heterocycles. The fraction of sp³-hybridized carbons (Fsp3) is 0.378. The highest BCUT2D eigenvalue weighted by Gasteiger charge is 2.34. The first kappa shape index (κ1) is 47.9. The Bertz CT molecular complexity index is 2160. The molecule has 57 heavy (non-hydrogen) atoms. The second-order valence-corrected chi connectivity index (χ2v) is 18.5. The van der Waals surface area contributed by atoms with Gasteiger partial charge < -0.3 is 19.5 Å². The molecule has 0 unspecified atom stereocenters. The molecule has 312 valence electrons. The zero-order chi connectivity index (χ0) is 43.3. The van der Waals surface area contributed by atoms with E-state index in [0.29, 0.717) is 38.2 Å². The fourth-order valence-electron chi connectivity index (χ4n) is 5.47. The zero-order valence-corrected chi connectivity index (χ0v) is 35.4. The number of nitrogens with zero attached hydrogens (tertiary/aromatic N) is 4. The van der Waals surface area contributed by atoms with E-state index in [0.717, 1.165) is 46.0 Å². The number of benzene rings is 3. The number of hydrogen-bond donors (Lipinski definition) is 1. The van der Waals surface area contributed by atoms with Crippen molar-refractivity contribution in [2.24, 2.45) is 0 Å². The Morgan fingerprint density at radius 3 is 2.07 bits per heavy atom. The van der Waals surface area contributed by atoms with E-state index in [4.69, 9.17) is 44.7 Å². The Morgan fingerprint density at radius 2 is 1.56 bits per heavy atom. The van der Waals surface area contributed by atoms with Gasteiger partial charge in [-0.1, -0.05) is 66.5 Å². The van der Waals surface area contributed by atoms with Gasteiger partial charge in [0.25, 0.3) is 0 Å². The van der Waals surface area contributed by atoms with E-state index in [1.54, 1.807) is 30.5 Å². The predicted molar refractivity (Wildman–Crippen MR) is 207 cm³/mol. The summed E-state index contributed by atoms with van der Waals surface area (Å²) < 4.78 is 91.5. The van der Waals surface area contributed by atoms with Gasteiger partial charge >= 0.3 is 12.1 Å². The number of rotatable bonds is 15. The number of hydrogen-bond acceptors (Lipinski definition) is 7. The Labute approximate surface area is 346 Å². The average Bonchev–Trinajstić information content (AvgIpc) is 3.53. The Hall–Kier alpha value is -3.45. The van der Waals surface area contributed by atoms with Gasteiger partial charge in [0.1, 0.15) is 23.6 Å². The minimum atomic E-state index is -5.19. The van der Waals surface area contributed by atoms with Gasteiger partial charge in [-0.3, -0.25) is 9.36 Å². The molecule has 0 fully saturated rings. The molecule has 0 aliphatic rings. The molecule has 0 spiro atoms. The van der Waals surface area contributed by atoms with E-state index in [1.807, 2.05) is 45.6 Å². The largest absolute Gasteiger partial charge is 0.542 e. The first-order valence-electron chi connectivity index (χ1n) is 16.9. The van der Waals surface area contributed by atoms with Crippen LogP contribution in [0.25, 0.3) is 5.69 Å². The monoisotopic (exact) mass is 900 g/mol. The lowest BCUT2D eigenvalue weighted by molar-refractivity contribution is -0.870. The SMILES string of the molecule is CN([C@@H](CCCC[N+](C)(C)C)C(=O)O)S(=O)(=O)c1cc(F)c(CSc2ncc(C(C)(C)c3ccc(Cl)c(Cl)c3)n2-c2ccc(F)cc2)c(Cl)c1.O=C([O-])C(F)(F)F. The molecule has 0 aliphatic carbocycles. The molecule has 1 aromatic heterocycles. The Balaban J connectivity index is 0.00000113. The number of carbonyl (C=O) groups excluding carboxylic acids is 1. The van der Waals surface area contributed by atoms with Crippen molar-refractivity contribution in [2.45, 2.75) is 66.5 Å². The van der Waals surface area contributed by atoms with Crippen LogP contribution in [0.3, 0.4) is 0 Å². The van der Waals surface area contributed by atoms with Crippen molar-refractivity contribution in [3.63, 3.8) is 0 Å². The van der Waals surface area contributed by atoms with Crippen molar-refractivity contribution in [1.29, 1.82) is 0 Å². The number of thioether (sulfide) groups is 1. The van der Waals surface area contributed by atoms with Gasteiger partial charge in [0, 0.05) is 34.5 Å². The van der Waals surface area contributed by atoms with Gasteiger partial charge in [-0.2, -0.15) is 17.5 Å². The van der Waals surface area contributed by atoms with Crippen LogP contribution in [0, 0.1) is 11.6 Å². The van der Waals surface area contributed by atoms with E-state index in [2.05, 4.69) is 4.98 Å². The summed E-state index contributed by atoms with van der Waals surface area (Å²) in [4.78, 5) is 25.0. The van der Waals surface area contributed by atoms with Gasteiger partial charge in [0.05, 0.1) is 54.5 Å². The Morgan fingerprint density at radius 1 is 0.965 bits per heavy atom. The number of carboxylic acid groups (broad SMARTS) is 2. The molecule has 0 radical (unpaired) electrons. The molecule has 0 amide bonds. The van der Waals surface area contributed by atoms with E-state index in [9.17, 15) is 35.9 Å². The first-order valence-corrected chi connectivity index (χ1v) is 20.4. The lowest BCUT2D eigenvalue weighted by Crippen LogP contribution is -2.42. The number of sulfonamides is 1. The van der Waals surface area contributed by atoms with Crippen LogP contribution in [0.5, 0.6) is 0 Å². The predicted octanol–water partition coefficient (Wildman–Crippen LogP) is 7.98. The number of imidazole rings is 1. The average molecular weight is 902 g/mol. The molecule has 0 saturated carbocycles. The smallest absolute Gasteiger partial charge is 0.430 e. The number of aliphatic carboxylic acids is 2. The molecule has 1 heterocycles. The normalized spacial score (nSPS) is 13.0. The maximum Gasteiger partial charge on any atom is 0.430 e. The Kier molecular flexibility index (Phi) is 16.0. The van der Waals surface area contributed by atoms with Crippen LogP contribution in [0.2, 0.25) is 15.1 Å². The number of likely N-dealkylation sites (N-methyl/N-ethyl adjacent to an activating group) is 1. The molecule has 1 N–H and O–H groups in total. The highest BCUT2D eigenvalue weighted by atomic mass is 35.5. The molecule has 0 saturated heterocycles. The van der Waals surface area contributed by atoms with Crippen LogP contribution in [-0.2, 0) is 30.8 Å². The summed E-state index contributed by atoms with van der Waals surface area (Å²) in [6.07, 6.45) is -2.21. The number of halogens is 8. The van der Waals surface area contributed by atoms with Crippen LogP contribution in [0.1, 0.15) is 49.9 Å². The van der Waals surface area contributed by atoms with E-state index in [1.165, 1.54) is 19.2 Å². The number of carboxylic acids is 2. The summed E-state index contributed by atoms with van der Waals surface area (Å²) in [7, 11) is 2.81. The third-order valence-electron chi connectivity index (χ3n) is 8.74. The second kappa shape index (κ2) is 19.1. The fourth-order valence-corrected chi connectivity index (χ4v) is 8.60. The maximum absolute atomic E-state index is 15.7. The zero-order valence-electron chi connectivity index (χ0n) is 31.5. The van der Waals surface area contributed by atoms with Crippen LogP contribution in [-0.4, -0.2) is 90.8 Å². The van der Waals surface area contributed by atoms with Crippen LogP contribution >= 0.6 is 46.6 Å². The topological polar surface area (TPSA) is 133 Å². The van der Waals surface area contributed by atoms with Crippen molar-refractivity contribution < 1.29 is 54.7 Å². The molecular weight excluding hydrogens is 862 g/mol. The molecular formula is C37H40Cl3F5N4O6S2. The maximum atomic E-state index is 15.7. The summed E-state index contributed by atoms with van der Waals surface area (Å²) >= 11 is 20.2. The van der Waals surface area contributed by atoms with Crippen LogP contribution in [0.4, 0.5) is 22.0 Å². The highest BCUT2D eigenvalue weighted by molar-refractivity contribution is 7.98. The lowest BCUT2D eigenvalue weighted by Gasteiger charge is -2.28. The van der Waals surface area contributed by atoms with Gasteiger partial charge in [-0.25, -0.2) is 22.2 Å². The summed E-state index contributed by atoms with van der Waals surface area (Å²) in [5.41, 5.74) is 1.55. The van der Waals surface area contributed by atoms with Crippen molar-refractivity contribution in [1.82, 2.24) is 13.9 Å². The number of aromatic nitrogens is 2. The summed E-state index contributed by atoms with van der Waals surface area (Å²) in [5, 5.41) is 19.7. The summed E-state index contributed by atoms with van der Waals surface area (Å²) in [6.45, 7) is 4.75. The first-order chi connectivity index (χ1) is 26.2. The third kappa shape index (κ3) is 12.5. The highest BCUT2D eigenvalue weighted by Crippen LogP contribution is 2.39. The van der Waals surface area contributed by atoms with Gasteiger partial charge in [0.15, 0.2) is 5.16 Å². The van der Waals surface area contributed by atoms with Gasteiger partial charge in [0.2, 0.25) is 10.0 Å². The van der Waals surface area contributed by atoms with E-state index >= 15 is 4.39 Å². The molecule has 0 bridgehead atoms. The molecule has 3 aromatic carbocycles. The minimum absolute atomic E-state index is 0.0320. The molecule has 10 nitrogen and oxygen atoms in total. The minimum Gasteiger partial charge on any atom is -0.542 e. The van der Waals surface area contributed by atoms with E-state index in [-0.39, 0.29) is 22.8 Å². The van der Waals surface area contributed by atoms with Gasteiger partial charge in [-0.15, -0.1) is 0 Å². The van der Waals surface area contributed by atoms with Crippen molar-refractivity contribution in [3.05, 3.63) is 104 Å². The van der Waals surface area contributed by atoms with E-state index < -0.39 is 56.1 Å². The van der Waals surface area contributed by atoms with Crippen LogP contribution in [0.15, 0.2) is 70.8 Å². The van der Waals surface area contributed by atoms with Gasteiger partial charge in [-0.05, 0) is 73.4 Å². The molecule has 20 heteroatoms. The molecule has 4 aromatic rings. The lowest BCUT2D eigenvalue weighted by atomic mass is 9.81.